The molecule has 0 bridgehead atoms. The molecule has 0 amide bonds. The van der Waals surface area contributed by atoms with Crippen molar-refractivity contribution in [1.82, 2.24) is 20.0 Å². The summed E-state index contributed by atoms with van der Waals surface area (Å²) in [5.74, 6) is 0. The van der Waals surface area contributed by atoms with Crippen LogP contribution in [0, 0.1) is 13.8 Å². The first-order chi connectivity index (χ1) is 10.5. The molecule has 2 heterocycles. The number of nitrogens with one attached hydrogen (secondary N) is 1. The SMILES string of the molecule is Cc1nn(CCO)c(C)c1CNC(C)C(C)N1CCOCC1. The van der Waals surface area contributed by atoms with Gasteiger partial charge >= 0.3 is 0 Å². The first-order valence-electron chi connectivity index (χ1n) is 8.23. The summed E-state index contributed by atoms with van der Waals surface area (Å²) in [6, 6.07) is 0.884. The topological polar surface area (TPSA) is 62.5 Å². The van der Waals surface area contributed by atoms with Crippen LogP contribution in [-0.2, 0) is 17.8 Å². The highest BCUT2D eigenvalue weighted by atomic mass is 16.5. The number of rotatable bonds is 7. The van der Waals surface area contributed by atoms with Gasteiger partial charge in [-0.3, -0.25) is 9.58 Å². The smallest absolute Gasteiger partial charge is 0.0644 e. The zero-order valence-electron chi connectivity index (χ0n) is 14.3. The molecule has 1 aliphatic heterocycles. The van der Waals surface area contributed by atoms with Gasteiger partial charge in [-0.2, -0.15) is 5.10 Å². The second-order valence-corrected chi connectivity index (χ2v) is 6.15. The van der Waals surface area contributed by atoms with Crippen LogP contribution in [0.15, 0.2) is 0 Å². The standard InChI is InChI=1S/C16H30N4O2/c1-12(14(3)19-6-9-22-10-7-19)17-11-16-13(2)18-20(5-8-21)15(16)4/h12,14,17,21H,5-11H2,1-4H3. The summed E-state index contributed by atoms with van der Waals surface area (Å²) < 4.78 is 7.31. The normalized spacial score (nSPS) is 19.3. The lowest BCUT2D eigenvalue weighted by Gasteiger charge is -2.36. The predicted octanol–water partition coefficient (Wildman–Crippen LogP) is 0.691. The minimum atomic E-state index is 0.124. The van der Waals surface area contributed by atoms with Crippen molar-refractivity contribution in [2.24, 2.45) is 0 Å². The van der Waals surface area contributed by atoms with Crippen molar-refractivity contribution in [3.8, 4) is 0 Å². The average molecular weight is 310 g/mol. The molecule has 22 heavy (non-hydrogen) atoms. The van der Waals surface area contributed by atoms with Gasteiger partial charge in [-0.25, -0.2) is 0 Å². The molecule has 0 radical (unpaired) electrons. The lowest BCUT2D eigenvalue weighted by Crippen LogP contribution is -2.50. The van der Waals surface area contributed by atoms with Crippen LogP contribution in [0.1, 0.15) is 30.8 Å². The minimum Gasteiger partial charge on any atom is -0.394 e. The van der Waals surface area contributed by atoms with Gasteiger partial charge in [0, 0.05) is 43.0 Å². The Morgan fingerprint density at radius 3 is 2.59 bits per heavy atom. The number of hydrogen-bond acceptors (Lipinski definition) is 5. The van der Waals surface area contributed by atoms with Gasteiger partial charge < -0.3 is 15.2 Å². The summed E-state index contributed by atoms with van der Waals surface area (Å²) in [4.78, 5) is 2.48. The van der Waals surface area contributed by atoms with E-state index in [9.17, 15) is 0 Å². The van der Waals surface area contributed by atoms with E-state index in [2.05, 4.69) is 36.1 Å². The highest BCUT2D eigenvalue weighted by Gasteiger charge is 2.22. The highest BCUT2D eigenvalue weighted by Crippen LogP contribution is 2.14. The Balaban J connectivity index is 1.91. The van der Waals surface area contributed by atoms with E-state index in [1.54, 1.807) is 0 Å². The van der Waals surface area contributed by atoms with Crippen molar-refractivity contribution in [3.63, 3.8) is 0 Å². The Labute approximate surface area is 133 Å². The minimum absolute atomic E-state index is 0.124. The van der Waals surface area contributed by atoms with E-state index in [-0.39, 0.29) is 6.61 Å². The molecular formula is C16H30N4O2. The van der Waals surface area contributed by atoms with Gasteiger partial charge in [-0.15, -0.1) is 0 Å². The molecule has 0 aromatic carbocycles. The van der Waals surface area contributed by atoms with Crippen molar-refractivity contribution in [1.29, 1.82) is 0 Å². The fourth-order valence-electron chi connectivity index (χ4n) is 3.04. The molecule has 0 spiro atoms. The summed E-state index contributed by atoms with van der Waals surface area (Å²) >= 11 is 0. The Hall–Kier alpha value is -0.950. The maximum absolute atomic E-state index is 9.09. The van der Waals surface area contributed by atoms with Gasteiger partial charge in [0.15, 0.2) is 0 Å². The van der Waals surface area contributed by atoms with Crippen molar-refractivity contribution < 1.29 is 9.84 Å². The van der Waals surface area contributed by atoms with Crippen LogP contribution in [0.4, 0.5) is 0 Å². The van der Waals surface area contributed by atoms with Gasteiger partial charge in [0.25, 0.3) is 0 Å². The number of morpholine rings is 1. The van der Waals surface area contributed by atoms with E-state index in [1.165, 1.54) is 5.56 Å². The third kappa shape index (κ3) is 4.07. The van der Waals surface area contributed by atoms with Crippen LogP contribution in [0.5, 0.6) is 0 Å². The molecule has 2 unspecified atom stereocenters. The first-order valence-corrected chi connectivity index (χ1v) is 8.23. The fraction of sp³-hybridized carbons (Fsp3) is 0.812. The molecule has 0 saturated carbocycles. The second-order valence-electron chi connectivity index (χ2n) is 6.15. The molecule has 1 aliphatic rings. The molecule has 6 heteroatoms. The van der Waals surface area contributed by atoms with Gasteiger partial charge in [0.2, 0.25) is 0 Å². The van der Waals surface area contributed by atoms with Crippen LogP contribution in [0.25, 0.3) is 0 Å². The predicted molar refractivity (Wildman–Crippen MR) is 86.9 cm³/mol. The van der Waals surface area contributed by atoms with Crippen molar-refractivity contribution in [2.45, 2.75) is 52.9 Å². The van der Waals surface area contributed by atoms with Crippen LogP contribution in [-0.4, -0.2) is 64.8 Å². The Morgan fingerprint density at radius 1 is 1.27 bits per heavy atom. The Morgan fingerprint density at radius 2 is 1.95 bits per heavy atom. The van der Waals surface area contributed by atoms with E-state index in [0.717, 1.165) is 44.2 Å². The van der Waals surface area contributed by atoms with Crippen molar-refractivity contribution in [2.75, 3.05) is 32.9 Å². The Kier molecular flexibility index (Phi) is 6.37. The third-order valence-corrected chi connectivity index (χ3v) is 4.79. The quantitative estimate of drug-likeness (QED) is 0.776. The molecule has 1 saturated heterocycles. The van der Waals surface area contributed by atoms with E-state index in [0.29, 0.717) is 18.6 Å². The maximum atomic E-state index is 9.09. The Bertz CT molecular complexity index is 469. The fourth-order valence-corrected chi connectivity index (χ4v) is 3.04. The molecule has 1 aromatic rings. The summed E-state index contributed by atoms with van der Waals surface area (Å²) in [6.07, 6.45) is 0. The number of aliphatic hydroxyl groups excluding tert-OH is 1. The lowest BCUT2D eigenvalue weighted by molar-refractivity contribution is 0.0135. The summed E-state index contributed by atoms with van der Waals surface area (Å²) in [5, 5.41) is 17.2. The molecule has 2 rings (SSSR count). The first kappa shape index (κ1) is 17.4. The maximum Gasteiger partial charge on any atom is 0.0644 e. The number of ether oxygens (including phenoxy) is 1. The number of nitrogens with zero attached hydrogens (tertiary/aromatic N) is 3. The molecule has 1 fully saturated rings. The van der Waals surface area contributed by atoms with Crippen LogP contribution in [0.2, 0.25) is 0 Å². The molecule has 0 aliphatic carbocycles. The lowest BCUT2D eigenvalue weighted by atomic mass is 10.1. The monoisotopic (exact) mass is 310 g/mol. The van der Waals surface area contributed by atoms with Crippen LogP contribution in [0.3, 0.4) is 0 Å². The number of aliphatic hydroxyl groups is 1. The van der Waals surface area contributed by atoms with Gasteiger partial charge in [0.05, 0.1) is 32.1 Å². The van der Waals surface area contributed by atoms with Gasteiger partial charge in [-0.05, 0) is 27.7 Å². The average Bonchev–Trinajstić information content (AvgIpc) is 2.79. The van der Waals surface area contributed by atoms with Gasteiger partial charge in [-0.1, -0.05) is 0 Å². The van der Waals surface area contributed by atoms with E-state index in [1.807, 2.05) is 11.6 Å². The molecule has 1 aromatic heterocycles. The van der Waals surface area contributed by atoms with E-state index < -0.39 is 0 Å². The van der Waals surface area contributed by atoms with Crippen LogP contribution >= 0.6 is 0 Å². The second kappa shape index (κ2) is 8.06. The zero-order valence-corrected chi connectivity index (χ0v) is 14.3. The number of aryl methyl sites for hydroxylation is 1. The van der Waals surface area contributed by atoms with E-state index in [4.69, 9.17) is 9.84 Å². The molecule has 6 nitrogen and oxygen atoms in total. The summed E-state index contributed by atoms with van der Waals surface area (Å²) in [7, 11) is 0. The highest BCUT2D eigenvalue weighted by molar-refractivity contribution is 5.24. The van der Waals surface area contributed by atoms with Crippen molar-refractivity contribution in [3.05, 3.63) is 17.0 Å². The number of aromatic nitrogens is 2. The zero-order chi connectivity index (χ0) is 16.1. The van der Waals surface area contributed by atoms with Crippen molar-refractivity contribution >= 4 is 0 Å². The summed E-state index contributed by atoms with van der Waals surface area (Å²) in [6.45, 7) is 13.8. The third-order valence-electron chi connectivity index (χ3n) is 4.79. The number of hydrogen-bond donors (Lipinski definition) is 2. The largest absolute Gasteiger partial charge is 0.394 e. The van der Waals surface area contributed by atoms with Crippen LogP contribution < -0.4 is 5.32 Å². The summed E-state index contributed by atoms with van der Waals surface area (Å²) in [5.41, 5.74) is 3.43. The molecule has 126 valence electrons. The van der Waals surface area contributed by atoms with E-state index >= 15 is 0 Å². The molecular weight excluding hydrogens is 280 g/mol. The van der Waals surface area contributed by atoms with Gasteiger partial charge in [0.1, 0.15) is 0 Å². The molecule has 2 N–H and O–H groups in total. The molecule has 2 atom stereocenters.